The third-order valence-corrected chi connectivity index (χ3v) is 8.37. The number of aryl methyl sites for hydroxylation is 1. The lowest BCUT2D eigenvalue weighted by Gasteiger charge is -2.36. The number of benzene rings is 2. The van der Waals surface area contributed by atoms with E-state index in [1.807, 2.05) is 23.7 Å². The number of hydrogen-bond acceptors (Lipinski definition) is 4. The Kier molecular flexibility index (Phi) is 6.81. The number of aromatic nitrogens is 2. The van der Waals surface area contributed by atoms with Crippen LogP contribution in [0.4, 0.5) is 4.39 Å². The van der Waals surface area contributed by atoms with Crippen molar-refractivity contribution < 1.29 is 9.18 Å². The zero-order valence-corrected chi connectivity index (χ0v) is 21.5. The van der Waals surface area contributed by atoms with Gasteiger partial charge in [0.25, 0.3) is 5.91 Å². The van der Waals surface area contributed by atoms with Crippen molar-refractivity contribution in [1.29, 1.82) is 0 Å². The van der Waals surface area contributed by atoms with Crippen molar-refractivity contribution in [2.75, 3.05) is 13.1 Å². The molecule has 1 atom stereocenters. The molecule has 1 amide bonds. The van der Waals surface area contributed by atoms with Crippen LogP contribution in [-0.2, 0) is 0 Å². The summed E-state index contributed by atoms with van der Waals surface area (Å²) in [6.07, 6.45) is 4.00. The van der Waals surface area contributed by atoms with Gasteiger partial charge in [0, 0.05) is 45.9 Å². The fourth-order valence-corrected chi connectivity index (χ4v) is 5.98. The minimum Gasteiger partial charge on any atom is -0.296 e. The molecular weight excluding hydrogens is 494 g/mol. The average Bonchev–Trinajstić information content (AvgIpc) is 3.59. The van der Waals surface area contributed by atoms with E-state index in [2.05, 4.69) is 16.5 Å². The Bertz CT molecular complexity index is 1220. The summed E-state index contributed by atoms with van der Waals surface area (Å²) >= 11 is 13.8. The minimum absolute atomic E-state index is 0.0760. The van der Waals surface area contributed by atoms with Crippen LogP contribution in [0.1, 0.15) is 66.3 Å². The lowest BCUT2D eigenvalue weighted by molar-refractivity contribution is 0.0980. The first-order valence-electron chi connectivity index (χ1n) is 11.6. The summed E-state index contributed by atoms with van der Waals surface area (Å²) in [5.41, 5.74) is 2.73. The Labute approximate surface area is 213 Å². The highest BCUT2D eigenvalue weighted by molar-refractivity contribution is 7.98. The van der Waals surface area contributed by atoms with Crippen LogP contribution in [0.3, 0.4) is 0 Å². The van der Waals surface area contributed by atoms with E-state index in [1.165, 1.54) is 18.0 Å². The van der Waals surface area contributed by atoms with E-state index < -0.39 is 5.82 Å². The lowest BCUT2D eigenvalue weighted by Crippen LogP contribution is -2.36. The molecule has 1 aliphatic heterocycles. The number of likely N-dealkylation sites (tertiary alicyclic amines) is 1. The maximum Gasteiger partial charge on any atom is 0.264 e. The highest BCUT2D eigenvalue weighted by Crippen LogP contribution is 2.35. The van der Waals surface area contributed by atoms with E-state index >= 15 is 0 Å². The summed E-state index contributed by atoms with van der Waals surface area (Å²) in [6, 6.07) is 9.16. The highest BCUT2D eigenvalue weighted by atomic mass is 35.5. The molecule has 1 unspecified atom stereocenters. The molecule has 2 heterocycles. The first-order chi connectivity index (χ1) is 16.3. The van der Waals surface area contributed by atoms with Gasteiger partial charge in [-0.25, -0.2) is 4.39 Å². The van der Waals surface area contributed by atoms with Gasteiger partial charge in [-0.05, 0) is 81.3 Å². The molecular formula is C25H27Cl2FN4OS. The predicted molar refractivity (Wildman–Crippen MR) is 137 cm³/mol. The Balaban J connectivity index is 1.32. The number of fused-ring (bicyclic) bond motifs is 1. The third-order valence-electron chi connectivity index (χ3n) is 6.83. The van der Waals surface area contributed by atoms with Gasteiger partial charge < -0.3 is 0 Å². The van der Waals surface area contributed by atoms with Gasteiger partial charge in [-0.2, -0.15) is 5.10 Å². The number of nitrogens with zero attached hydrogens (tertiary/aromatic N) is 3. The third kappa shape index (κ3) is 4.94. The van der Waals surface area contributed by atoms with Gasteiger partial charge in [0.05, 0.1) is 22.8 Å². The van der Waals surface area contributed by atoms with Crippen molar-refractivity contribution in [3.63, 3.8) is 0 Å². The van der Waals surface area contributed by atoms with E-state index in [-0.39, 0.29) is 23.6 Å². The monoisotopic (exact) mass is 520 g/mol. The van der Waals surface area contributed by atoms with Gasteiger partial charge in [0.1, 0.15) is 5.82 Å². The number of piperidine rings is 1. The van der Waals surface area contributed by atoms with Crippen LogP contribution in [0.2, 0.25) is 10.0 Å². The van der Waals surface area contributed by atoms with Crippen LogP contribution < -0.4 is 4.72 Å². The number of amides is 1. The van der Waals surface area contributed by atoms with Crippen LogP contribution in [0.15, 0.2) is 30.3 Å². The van der Waals surface area contributed by atoms with E-state index in [9.17, 15) is 9.18 Å². The molecule has 0 spiro atoms. The average molecular weight is 521 g/mol. The number of rotatable bonds is 6. The van der Waals surface area contributed by atoms with Crippen molar-refractivity contribution >= 4 is 52.0 Å². The lowest BCUT2D eigenvalue weighted by atomic mass is 10.00. The van der Waals surface area contributed by atoms with Crippen LogP contribution in [0.5, 0.6) is 0 Å². The number of carbonyl (C=O) groups excluding carboxylic acids is 1. The molecule has 2 aromatic carbocycles. The van der Waals surface area contributed by atoms with Crippen LogP contribution in [-0.4, -0.2) is 38.9 Å². The van der Waals surface area contributed by atoms with Crippen LogP contribution >= 0.6 is 35.1 Å². The van der Waals surface area contributed by atoms with E-state index in [0.717, 1.165) is 60.9 Å². The van der Waals surface area contributed by atoms with Gasteiger partial charge >= 0.3 is 0 Å². The molecule has 2 fully saturated rings. The first kappa shape index (κ1) is 23.9. The van der Waals surface area contributed by atoms with Gasteiger partial charge in [-0.3, -0.25) is 19.1 Å². The zero-order chi connectivity index (χ0) is 24.0. The van der Waals surface area contributed by atoms with Crippen LogP contribution in [0, 0.1) is 12.7 Å². The quantitative estimate of drug-likeness (QED) is 0.366. The van der Waals surface area contributed by atoms with Gasteiger partial charge in [0.2, 0.25) is 0 Å². The second-order valence-electron chi connectivity index (χ2n) is 9.27. The smallest absolute Gasteiger partial charge is 0.264 e. The summed E-state index contributed by atoms with van der Waals surface area (Å²) in [5, 5.41) is 7.32. The number of hydrogen-bond donors (Lipinski definition) is 1. The predicted octanol–water partition coefficient (Wildman–Crippen LogP) is 6.73. The first-order valence-corrected chi connectivity index (χ1v) is 13.3. The molecule has 3 aromatic rings. The second kappa shape index (κ2) is 9.69. The Hall–Kier alpha value is -1.80. The molecule has 1 N–H and O–H groups in total. The van der Waals surface area contributed by atoms with Crippen molar-refractivity contribution in [3.05, 3.63) is 63.0 Å². The van der Waals surface area contributed by atoms with Crippen LogP contribution in [0.25, 0.3) is 10.9 Å². The molecule has 1 saturated heterocycles. The maximum atomic E-state index is 14.9. The molecule has 2 aliphatic rings. The Morgan fingerprint density at radius 2 is 1.79 bits per heavy atom. The summed E-state index contributed by atoms with van der Waals surface area (Å²) in [4.78, 5) is 14.9. The molecule has 5 nitrogen and oxygen atoms in total. The maximum absolute atomic E-state index is 14.9. The number of carbonyl (C=O) groups is 1. The molecule has 1 aromatic heterocycles. The summed E-state index contributed by atoms with van der Waals surface area (Å²) in [6.45, 7) is 5.85. The SMILES string of the molecule is Cc1nn(C2CCN(C(C)c3cc(Cl)cc(Cl)c3)CC2)c2cc(F)c(C(=O)NSC3CC3)cc12. The fraction of sp³-hybridized carbons (Fsp3) is 0.440. The van der Waals surface area contributed by atoms with Gasteiger partial charge in [-0.1, -0.05) is 23.2 Å². The van der Waals surface area contributed by atoms with Crippen molar-refractivity contribution in [3.8, 4) is 0 Å². The second-order valence-corrected chi connectivity index (χ2v) is 11.3. The Morgan fingerprint density at radius 1 is 1.12 bits per heavy atom. The normalized spacial score (nSPS) is 18.4. The van der Waals surface area contributed by atoms with Crippen molar-refractivity contribution in [1.82, 2.24) is 19.4 Å². The number of halogens is 3. The molecule has 1 saturated carbocycles. The standard InChI is InChI=1S/C25H27Cl2FN4OS/c1-14-21-12-22(25(33)30-34-20-3-4-20)23(28)13-24(21)32(29-14)19-5-7-31(8-6-19)15(2)16-9-17(26)11-18(27)10-16/h9-13,15,19-20H,3-8H2,1-2H3,(H,30,33). The Morgan fingerprint density at radius 3 is 2.44 bits per heavy atom. The van der Waals surface area contributed by atoms with Gasteiger partial charge in [-0.15, -0.1) is 0 Å². The molecule has 34 heavy (non-hydrogen) atoms. The summed E-state index contributed by atoms with van der Waals surface area (Å²) in [7, 11) is 0. The van der Waals surface area contributed by atoms with Crippen molar-refractivity contribution in [2.45, 2.75) is 56.9 Å². The number of nitrogens with one attached hydrogen (secondary N) is 1. The molecule has 0 radical (unpaired) electrons. The van der Waals surface area contributed by atoms with E-state index in [0.29, 0.717) is 15.3 Å². The topological polar surface area (TPSA) is 50.2 Å². The molecule has 180 valence electrons. The largest absolute Gasteiger partial charge is 0.296 e. The summed E-state index contributed by atoms with van der Waals surface area (Å²) in [5.74, 6) is -0.890. The highest BCUT2D eigenvalue weighted by Gasteiger charge is 2.28. The molecule has 1 aliphatic carbocycles. The molecule has 0 bridgehead atoms. The van der Waals surface area contributed by atoms with Gasteiger partial charge in [0.15, 0.2) is 0 Å². The van der Waals surface area contributed by atoms with E-state index in [1.54, 1.807) is 12.1 Å². The molecule has 9 heteroatoms. The summed E-state index contributed by atoms with van der Waals surface area (Å²) < 4.78 is 19.7. The van der Waals surface area contributed by atoms with Crippen molar-refractivity contribution in [2.24, 2.45) is 0 Å². The fourth-order valence-electron chi connectivity index (χ4n) is 4.69. The molecule has 5 rings (SSSR count). The van der Waals surface area contributed by atoms with E-state index in [4.69, 9.17) is 28.3 Å². The minimum atomic E-state index is -0.508. The zero-order valence-electron chi connectivity index (χ0n) is 19.2.